The Hall–Kier alpha value is -1.14. The average molecular weight is 189 g/mol. The molecule has 0 saturated carbocycles. The molecule has 0 rings (SSSR count). The molecule has 0 heterocycles. The van der Waals surface area contributed by atoms with E-state index in [1.807, 2.05) is 0 Å². The summed E-state index contributed by atoms with van der Waals surface area (Å²) < 4.78 is 0. The minimum absolute atomic E-state index is 0.0868. The fraction of sp³-hybridized carbons (Fsp3) is 0.714. The van der Waals surface area contributed by atoms with E-state index in [0.29, 0.717) is 13.0 Å². The molecule has 13 heavy (non-hydrogen) atoms. The molecule has 0 spiro atoms. The Balaban J connectivity index is 3.55. The molecule has 1 unspecified atom stereocenters. The Labute approximate surface area is 76.5 Å². The molecule has 1 atom stereocenters. The Morgan fingerprint density at radius 1 is 1.54 bits per heavy atom. The highest BCUT2D eigenvalue weighted by molar-refractivity contribution is 6.34. The molecule has 0 fully saturated rings. The van der Waals surface area contributed by atoms with Gasteiger partial charge in [-0.25, -0.2) is 0 Å². The maximum atomic E-state index is 10.7. The number of hydrogen-bond acceptors (Lipinski definition) is 4. The average Bonchev–Trinajstić information content (AvgIpc) is 2.04. The fourth-order valence-corrected chi connectivity index (χ4v) is 0.716. The summed E-state index contributed by atoms with van der Waals surface area (Å²) in [7, 11) is 0. The van der Waals surface area contributed by atoms with E-state index in [0.717, 1.165) is 0 Å². The first kappa shape index (κ1) is 11.9. The van der Waals surface area contributed by atoms with Crippen LogP contribution in [0.15, 0.2) is 0 Å². The molecule has 76 valence electrons. The summed E-state index contributed by atoms with van der Waals surface area (Å²) in [4.78, 5) is 21.0. The van der Waals surface area contributed by atoms with E-state index in [1.54, 1.807) is 6.92 Å². The zero-order valence-electron chi connectivity index (χ0n) is 7.54. The van der Waals surface area contributed by atoms with Gasteiger partial charge in [-0.1, -0.05) is 0 Å². The number of hydrogen-bond donors (Lipinski definition) is 4. The number of aliphatic hydroxyl groups excluding tert-OH is 1. The third kappa shape index (κ3) is 6.06. The quantitative estimate of drug-likeness (QED) is 0.226. The lowest BCUT2D eigenvalue weighted by atomic mass is 10.4. The van der Waals surface area contributed by atoms with Crippen LogP contribution in [0.2, 0.25) is 0 Å². The van der Waals surface area contributed by atoms with Crippen LogP contribution in [0, 0.1) is 0 Å². The van der Waals surface area contributed by atoms with Crippen molar-refractivity contribution in [2.75, 3.05) is 13.2 Å². The van der Waals surface area contributed by atoms with Crippen molar-refractivity contribution in [3.8, 4) is 0 Å². The lowest BCUT2D eigenvalue weighted by Gasteiger charge is -2.13. The summed E-state index contributed by atoms with van der Waals surface area (Å²) in [6.07, 6.45) is 0.267. The molecular weight excluding hydrogens is 174 g/mol. The van der Waals surface area contributed by atoms with Crippen molar-refractivity contribution in [3.05, 3.63) is 0 Å². The molecule has 2 amide bonds. The molecule has 0 aromatic carbocycles. The number of carbonyl (C=O) groups is 2. The minimum Gasteiger partial charge on any atom is -0.396 e. The molecule has 0 bridgehead atoms. The first-order valence-corrected chi connectivity index (χ1v) is 4.02. The second kappa shape index (κ2) is 6.38. The van der Waals surface area contributed by atoms with Gasteiger partial charge in [0.1, 0.15) is 0 Å². The summed E-state index contributed by atoms with van der Waals surface area (Å²) >= 11 is 0. The van der Waals surface area contributed by atoms with Crippen LogP contribution in [0.1, 0.15) is 13.3 Å². The van der Waals surface area contributed by atoms with Crippen LogP contribution in [-0.4, -0.2) is 36.2 Å². The molecule has 0 aliphatic rings. The van der Waals surface area contributed by atoms with Crippen LogP contribution in [0.5, 0.6) is 0 Å². The molecule has 6 nitrogen and oxygen atoms in total. The Kier molecular flexibility index (Phi) is 5.82. The third-order valence-electron chi connectivity index (χ3n) is 1.36. The second-order valence-electron chi connectivity index (χ2n) is 2.59. The lowest BCUT2D eigenvalue weighted by Crippen LogP contribution is -2.48. The largest absolute Gasteiger partial charge is 0.396 e. The SMILES string of the molecule is CC(NCCCO)NC(=O)C(N)=O. The van der Waals surface area contributed by atoms with Crippen LogP contribution in [0.3, 0.4) is 0 Å². The van der Waals surface area contributed by atoms with Crippen LogP contribution in [0.25, 0.3) is 0 Å². The predicted molar refractivity (Wildman–Crippen MR) is 46.5 cm³/mol. The van der Waals surface area contributed by atoms with Crippen molar-refractivity contribution in [2.24, 2.45) is 5.73 Å². The Bertz CT molecular complexity index is 184. The highest BCUT2D eigenvalue weighted by atomic mass is 16.3. The zero-order valence-corrected chi connectivity index (χ0v) is 7.54. The highest BCUT2D eigenvalue weighted by Gasteiger charge is 2.10. The lowest BCUT2D eigenvalue weighted by molar-refractivity contribution is -0.137. The van der Waals surface area contributed by atoms with Gasteiger partial charge in [0.2, 0.25) is 0 Å². The third-order valence-corrected chi connectivity index (χ3v) is 1.36. The van der Waals surface area contributed by atoms with Crippen LogP contribution in [-0.2, 0) is 9.59 Å². The molecule has 5 N–H and O–H groups in total. The standard InChI is InChI=1S/C7H15N3O3/c1-5(9-3-2-4-11)10-7(13)6(8)12/h5,9,11H,2-4H2,1H3,(H2,8,12)(H,10,13). The van der Waals surface area contributed by atoms with Crippen molar-refractivity contribution >= 4 is 11.8 Å². The molecule has 0 radical (unpaired) electrons. The van der Waals surface area contributed by atoms with E-state index in [9.17, 15) is 9.59 Å². The predicted octanol–water partition coefficient (Wildman–Crippen LogP) is -2.09. The van der Waals surface area contributed by atoms with Crippen LogP contribution in [0.4, 0.5) is 0 Å². The Morgan fingerprint density at radius 3 is 2.62 bits per heavy atom. The number of nitrogens with two attached hydrogens (primary N) is 1. The molecule has 0 aromatic heterocycles. The van der Waals surface area contributed by atoms with Gasteiger partial charge in [-0.3, -0.25) is 14.9 Å². The van der Waals surface area contributed by atoms with Crippen molar-refractivity contribution in [2.45, 2.75) is 19.5 Å². The van der Waals surface area contributed by atoms with Gasteiger partial charge >= 0.3 is 11.8 Å². The van der Waals surface area contributed by atoms with Gasteiger partial charge in [0.25, 0.3) is 0 Å². The van der Waals surface area contributed by atoms with Crippen molar-refractivity contribution in [3.63, 3.8) is 0 Å². The van der Waals surface area contributed by atoms with Crippen molar-refractivity contribution in [1.82, 2.24) is 10.6 Å². The second-order valence-corrected chi connectivity index (χ2v) is 2.59. The summed E-state index contributed by atoms with van der Waals surface area (Å²) in [6.45, 7) is 2.33. The number of carbonyl (C=O) groups excluding carboxylic acids is 2. The van der Waals surface area contributed by atoms with Crippen LogP contribution >= 0.6 is 0 Å². The van der Waals surface area contributed by atoms with E-state index in [1.165, 1.54) is 0 Å². The summed E-state index contributed by atoms with van der Waals surface area (Å²) in [6, 6.07) is 0. The first-order chi connectivity index (χ1) is 6.07. The van der Waals surface area contributed by atoms with E-state index < -0.39 is 11.8 Å². The molecule has 0 aliphatic carbocycles. The molecule has 0 aliphatic heterocycles. The van der Waals surface area contributed by atoms with Gasteiger partial charge in [0, 0.05) is 6.61 Å². The minimum atomic E-state index is -1.00. The molecular formula is C7H15N3O3. The normalized spacial score (nSPS) is 12.2. The van der Waals surface area contributed by atoms with Gasteiger partial charge in [0.15, 0.2) is 0 Å². The van der Waals surface area contributed by atoms with Gasteiger partial charge < -0.3 is 16.2 Å². The van der Waals surface area contributed by atoms with Crippen LogP contribution < -0.4 is 16.4 Å². The van der Waals surface area contributed by atoms with Gasteiger partial charge in [-0.15, -0.1) is 0 Å². The number of primary amides is 1. The maximum absolute atomic E-state index is 10.7. The summed E-state index contributed by atoms with van der Waals surface area (Å²) in [5, 5.41) is 13.6. The van der Waals surface area contributed by atoms with E-state index in [4.69, 9.17) is 10.8 Å². The number of nitrogens with one attached hydrogen (secondary N) is 2. The fourth-order valence-electron chi connectivity index (χ4n) is 0.716. The summed E-state index contributed by atoms with van der Waals surface area (Å²) in [5.74, 6) is -1.82. The number of amides is 2. The Morgan fingerprint density at radius 2 is 2.15 bits per heavy atom. The molecule has 0 saturated heterocycles. The summed E-state index contributed by atoms with van der Waals surface area (Å²) in [5.41, 5.74) is 4.72. The van der Waals surface area contributed by atoms with Crippen molar-refractivity contribution < 1.29 is 14.7 Å². The van der Waals surface area contributed by atoms with Gasteiger partial charge in [0.05, 0.1) is 6.17 Å². The van der Waals surface area contributed by atoms with E-state index in [-0.39, 0.29) is 12.8 Å². The topological polar surface area (TPSA) is 104 Å². The highest BCUT2D eigenvalue weighted by Crippen LogP contribution is 1.78. The van der Waals surface area contributed by atoms with Crippen molar-refractivity contribution in [1.29, 1.82) is 0 Å². The number of aliphatic hydroxyl groups is 1. The zero-order chi connectivity index (χ0) is 10.3. The monoisotopic (exact) mass is 189 g/mol. The van der Waals surface area contributed by atoms with Gasteiger partial charge in [-0.05, 0) is 19.9 Å². The molecule has 0 aromatic rings. The van der Waals surface area contributed by atoms with E-state index >= 15 is 0 Å². The van der Waals surface area contributed by atoms with E-state index in [2.05, 4.69) is 10.6 Å². The molecule has 6 heteroatoms. The smallest absolute Gasteiger partial charge is 0.310 e. The van der Waals surface area contributed by atoms with Gasteiger partial charge in [-0.2, -0.15) is 0 Å². The number of rotatable bonds is 5. The maximum Gasteiger partial charge on any atom is 0.310 e. The first-order valence-electron chi connectivity index (χ1n) is 4.02.